The number of carbonyl (C=O) groups excluding carboxylic acids is 1. The summed E-state index contributed by atoms with van der Waals surface area (Å²) >= 11 is 7.21. The second kappa shape index (κ2) is 8.26. The van der Waals surface area contributed by atoms with Crippen molar-refractivity contribution in [2.75, 3.05) is 34.0 Å². The quantitative estimate of drug-likeness (QED) is 0.840. The van der Waals surface area contributed by atoms with E-state index in [0.717, 1.165) is 5.56 Å². The number of rotatable bonds is 5. The van der Waals surface area contributed by atoms with Gasteiger partial charge in [0.05, 0.1) is 42.7 Å². The maximum Gasteiger partial charge on any atom is 0.264 e. The average Bonchev–Trinajstić information content (AvgIpc) is 3.12. The number of thiophene rings is 1. The van der Waals surface area contributed by atoms with Crippen molar-refractivity contribution in [1.82, 2.24) is 4.90 Å². The summed E-state index contributed by atoms with van der Waals surface area (Å²) in [5.74, 6) is 1.01. The number of morpholine rings is 1. The van der Waals surface area contributed by atoms with Gasteiger partial charge in [0.1, 0.15) is 6.10 Å². The van der Waals surface area contributed by atoms with E-state index in [1.807, 2.05) is 12.1 Å². The molecule has 1 N–H and O–H groups in total. The summed E-state index contributed by atoms with van der Waals surface area (Å²) in [5, 5.41) is 9.79. The standard InChI is InChI=1S/C18H20ClNO5S/c1-23-12-4-3-11(9-13(12)24-2)17-14(10-21)25-8-7-20(17)18(22)15-5-6-16(19)26-15/h3-6,9,14,17,21H,7-8,10H2,1-2H3/t14-,17-/m1/s1. The van der Waals surface area contributed by atoms with Crippen molar-refractivity contribution >= 4 is 28.8 Å². The van der Waals surface area contributed by atoms with Crippen molar-refractivity contribution in [3.63, 3.8) is 0 Å². The highest BCUT2D eigenvalue weighted by atomic mass is 35.5. The molecule has 0 radical (unpaired) electrons. The summed E-state index contributed by atoms with van der Waals surface area (Å²) in [6.45, 7) is 0.581. The molecule has 1 aliphatic heterocycles. The molecule has 0 unspecified atom stereocenters. The summed E-state index contributed by atoms with van der Waals surface area (Å²) in [7, 11) is 3.12. The van der Waals surface area contributed by atoms with Crippen LogP contribution < -0.4 is 9.47 Å². The number of aliphatic hydroxyl groups excluding tert-OH is 1. The summed E-state index contributed by atoms with van der Waals surface area (Å²) < 4.78 is 16.9. The van der Waals surface area contributed by atoms with E-state index in [0.29, 0.717) is 33.9 Å². The molecule has 0 spiro atoms. The van der Waals surface area contributed by atoms with Crippen LogP contribution in [0.5, 0.6) is 11.5 Å². The monoisotopic (exact) mass is 397 g/mol. The largest absolute Gasteiger partial charge is 0.493 e. The van der Waals surface area contributed by atoms with E-state index in [9.17, 15) is 9.90 Å². The zero-order valence-electron chi connectivity index (χ0n) is 14.5. The Labute approximate surface area is 160 Å². The molecule has 2 atom stereocenters. The molecule has 140 valence electrons. The van der Waals surface area contributed by atoms with Crippen molar-refractivity contribution in [2.45, 2.75) is 12.1 Å². The van der Waals surface area contributed by atoms with Crippen LogP contribution >= 0.6 is 22.9 Å². The molecule has 0 bridgehead atoms. The number of halogens is 1. The molecule has 26 heavy (non-hydrogen) atoms. The molecule has 0 saturated carbocycles. The number of amides is 1. The molecule has 1 fully saturated rings. The number of ether oxygens (including phenoxy) is 3. The molecule has 0 aliphatic carbocycles. The van der Waals surface area contributed by atoms with Gasteiger partial charge in [-0.15, -0.1) is 11.3 Å². The van der Waals surface area contributed by atoms with E-state index in [4.69, 9.17) is 25.8 Å². The van der Waals surface area contributed by atoms with E-state index in [1.54, 1.807) is 37.3 Å². The molecule has 1 aromatic carbocycles. The molecule has 2 aromatic rings. The maximum atomic E-state index is 13.0. The number of hydrogen-bond acceptors (Lipinski definition) is 6. The average molecular weight is 398 g/mol. The number of aliphatic hydroxyl groups is 1. The first-order valence-corrected chi connectivity index (χ1v) is 9.29. The Hall–Kier alpha value is -1.80. The molecule has 6 nitrogen and oxygen atoms in total. The van der Waals surface area contributed by atoms with Gasteiger partial charge >= 0.3 is 0 Å². The van der Waals surface area contributed by atoms with Crippen molar-refractivity contribution in [3.8, 4) is 11.5 Å². The number of methoxy groups -OCH3 is 2. The molecule has 1 saturated heterocycles. The molecule has 1 aliphatic rings. The normalized spacial score (nSPS) is 20.1. The Balaban J connectivity index is 1.99. The smallest absolute Gasteiger partial charge is 0.264 e. The zero-order chi connectivity index (χ0) is 18.7. The fourth-order valence-corrected chi connectivity index (χ4v) is 4.12. The van der Waals surface area contributed by atoms with Crippen LogP contribution in [0, 0.1) is 0 Å². The van der Waals surface area contributed by atoms with Gasteiger partial charge in [-0.1, -0.05) is 17.7 Å². The minimum absolute atomic E-state index is 0.136. The van der Waals surface area contributed by atoms with Gasteiger partial charge in [0.2, 0.25) is 0 Å². The van der Waals surface area contributed by atoms with Gasteiger partial charge < -0.3 is 24.2 Å². The summed E-state index contributed by atoms with van der Waals surface area (Å²) in [6.07, 6.45) is -0.527. The number of nitrogens with zero attached hydrogens (tertiary/aromatic N) is 1. The van der Waals surface area contributed by atoms with E-state index < -0.39 is 12.1 Å². The van der Waals surface area contributed by atoms with Crippen molar-refractivity contribution < 1.29 is 24.1 Å². The lowest BCUT2D eigenvalue weighted by molar-refractivity contribution is -0.0810. The van der Waals surface area contributed by atoms with E-state index in [2.05, 4.69) is 0 Å². The highest BCUT2D eigenvalue weighted by Crippen LogP contribution is 2.37. The van der Waals surface area contributed by atoms with Crippen molar-refractivity contribution in [1.29, 1.82) is 0 Å². The van der Waals surface area contributed by atoms with Crippen LogP contribution in [0.15, 0.2) is 30.3 Å². The fraction of sp³-hybridized carbons (Fsp3) is 0.389. The second-order valence-corrected chi connectivity index (χ2v) is 7.47. The van der Waals surface area contributed by atoms with Crippen LogP contribution in [-0.2, 0) is 4.74 Å². The highest BCUT2D eigenvalue weighted by molar-refractivity contribution is 7.17. The topological polar surface area (TPSA) is 68.2 Å². The Morgan fingerprint density at radius 3 is 2.69 bits per heavy atom. The van der Waals surface area contributed by atoms with E-state index in [-0.39, 0.29) is 12.5 Å². The van der Waals surface area contributed by atoms with Gasteiger partial charge in [-0.25, -0.2) is 0 Å². The van der Waals surface area contributed by atoms with Gasteiger partial charge in [-0.3, -0.25) is 4.79 Å². The van der Waals surface area contributed by atoms with Gasteiger partial charge in [0.25, 0.3) is 5.91 Å². The minimum atomic E-state index is -0.527. The Bertz CT molecular complexity index is 781. The van der Waals surface area contributed by atoms with Crippen LogP contribution in [0.3, 0.4) is 0 Å². The van der Waals surface area contributed by atoms with Crippen LogP contribution in [0.4, 0.5) is 0 Å². The zero-order valence-corrected chi connectivity index (χ0v) is 16.0. The van der Waals surface area contributed by atoms with Crippen LogP contribution in [0.25, 0.3) is 0 Å². The number of hydrogen-bond donors (Lipinski definition) is 1. The first-order valence-electron chi connectivity index (χ1n) is 8.09. The Morgan fingerprint density at radius 1 is 1.31 bits per heavy atom. The molecule has 3 rings (SSSR count). The lowest BCUT2D eigenvalue weighted by atomic mass is 9.97. The number of carbonyl (C=O) groups is 1. The van der Waals surface area contributed by atoms with Crippen LogP contribution in [-0.4, -0.2) is 56.0 Å². The summed E-state index contributed by atoms with van der Waals surface area (Å²) in [5.41, 5.74) is 0.803. The summed E-state index contributed by atoms with van der Waals surface area (Å²) in [6, 6.07) is 8.41. The van der Waals surface area contributed by atoms with Gasteiger partial charge in [-0.05, 0) is 29.8 Å². The lowest BCUT2D eigenvalue weighted by Gasteiger charge is -2.40. The molecular formula is C18H20ClNO5S. The predicted octanol–water partition coefficient (Wildman–Crippen LogP) is 2.99. The molecule has 1 aromatic heterocycles. The second-order valence-electron chi connectivity index (χ2n) is 5.75. The third-order valence-corrected chi connectivity index (χ3v) is 5.55. The van der Waals surface area contributed by atoms with E-state index >= 15 is 0 Å². The van der Waals surface area contributed by atoms with Crippen molar-refractivity contribution in [3.05, 3.63) is 45.1 Å². The minimum Gasteiger partial charge on any atom is -0.493 e. The molecule has 8 heteroatoms. The lowest BCUT2D eigenvalue weighted by Crippen LogP contribution is -2.49. The van der Waals surface area contributed by atoms with Crippen LogP contribution in [0.2, 0.25) is 4.34 Å². The van der Waals surface area contributed by atoms with E-state index in [1.165, 1.54) is 11.3 Å². The third-order valence-electron chi connectivity index (χ3n) is 4.33. The molecule has 2 heterocycles. The SMILES string of the molecule is COc1ccc([C@@H]2[C@@H](CO)OCCN2C(=O)c2ccc(Cl)s2)cc1OC. The Kier molecular flexibility index (Phi) is 6.03. The highest BCUT2D eigenvalue weighted by Gasteiger charge is 2.37. The Morgan fingerprint density at radius 2 is 2.08 bits per heavy atom. The third kappa shape index (κ3) is 3.66. The number of benzene rings is 1. The fourth-order valence-electron chi connectivity index (χ4n) is 3.12. The van der Waals surface area contributed by atoms with Gasteiger partial charge in [-0.2, -0.15) is 0 Å². The molecular weight excluding hydrogens is 378 g/mol. The predicted molar refractivity (Wildman–Crippen MR) is 99.5 cm³/mol. The first-order chi connectivity index (χ1) is 12.6. The van der Waals surface area contributed by atoms with Gasteiger partial charge in [0.15, 0.2) is 11.5 Å². The summed E-state index contributed by atoms with van der Waals surface area (Å²) in [4.78, 5) is 15.3. The van der Waals surface area contributed by atoms with Gasteiger partial charge in [0, 0.05) is 6.54 Å². The molecule has 1 amide bonds. The van der Waals surface area contributed by atoms with Crippen molar-refractivity contribution in [2.24, 2.45) is 0 Å². The maximum absolute atomic E-state index is 13.0. The van der Waals surface area contributed by atoms with Crippen LogP contribution in [0.1, 0.15) is 21.3 Å². The first kappa shape index (κ1) is 19.0.